The molecular formula is C17H24ClN3O2. The highest BCUT2D eigenvalue weighted by Gasteiger charge is 2.46. The van der Waals surface area contributed by atoms with Gasteiger partial charge in [0.15, 0.2) is 0 Å². The summed E-state index contributed by atoms with van der Waals surface area (Å²) in [4.78, 5) is 3.95. The van der Waals surface area contributed by atoms with E-state index in [1.54, 1.807) is 35.3 Å². The lowest BCUT2D eigenvalue weighted by Gasteiger charge is -2.45. The van der Waals surface area contributed by atoms with E-state index in [0.29, 0.717) is 17.3 Å². The van der Waals surface area contributed by atoms with Crippen molar-refractivity contribution in [1.82, 2.24) is 14.8 Å². The predicted molar refractivity (Wildman–Crippen MR) is 90.5 cm³/mol. The standard InChI is InChI=1S/C17H24ClN3O2/c1-13(2)16(3,4)17(22,9-21-12-19-11-20-21)10-23-15-7-5-14(18)6-8-15/h5-8,11-13,22H,9-10H2,1-4H3. The summed E-state index contributed by atoms with van der Waals surface area (Å²) in [5.41, 5.74) is -1.49. The molecule has 0 saturated heterocycles. The minimum Gasteiger partial charge on any atom is -0.490 e. The Hall–Kier alpha value is -1.59. The number of halogens is 1. The van der Waals surface area contributed by atoms with Crippen molar-refractivity contribution in [2.75, 3.05) is 6.61 Å². The number of rotatable bonds is 7. The lowest BCUT2D eigenvalue weighted by atomic mass is 9.67. The number of hydrogen-bond donors (Lipinski definition) is 1. The molecule has 0 fully saturated rings. The van der Waals surface area contributed by atoms with E-state index in [-0.39, 0.29) is 17.9 Å². The number of aromatic nitrogens is 3. The molecule has 0 saturated carbocycles. The van der Waals surface area contributed by atoms with E-state index in [1.165, 1.54) is 6.33 Å². The van der Waals surface area contributed by atoms with Crippen LogP contribution in [-0.4, -0.2) is 32.1 Å². The Morgan fingerprint density at radius 2 is 1.91 bits per heavy atom. The molecule has 1 aromatic carbocycles. The van der Waals surface area contributed by atoms with Crippen LogP contribution in [0.2, 0.25) is 5.02 Å². The van der Waals surface area contributed by atoms with E-state index in [0.717, 1.165) is 0 Å². The second-order valence-electron chi connectivity index (χ2n) is 6.74. The predicted octanol–water partition coefficient (Wildman–Crippen LogP) is 3.42. The van der Waals surface area contributed by atoms with E-state index >= 15 is 0 Å². The maximum Gasteiger partial charge on any atom is 0.137 e. The van der Waals surface area contributed by atoms with Gasteiger partial charge < -0.3 is 9.84 Å². The molecule has 5 nitrogen and oxygen atoms in total. The van der Waals surface area contributed by atoms with Gasteiger partial charge in [-0.1, -0.05) is 39.3 Å². The molecule has 0 radical (unpaired) electrons. The molecule has 0 amide bonds. The molecule has 1 N–H and O–H groups in total. The number of benzene rings is 1. The zero-order valence-corrected chi connectivity index (χ0v) is 14.8. The minimum atomic E-state index is -1.10. The maximum atomic E-state index is 11.4. The first kappa shape index (κ1) is 17.8. The SMILES string of the molecule is CC(C)C(C)(C)C(O)(COc1ccc(Cl)cc1)Cn1cncn1. The van der Waals surface area contributed by atoms with Gasteiger partial charge in [-0.2, -0.15) is 5.10 Å². The van der Waals surface area contributed by atoms with E-state index in [2.05, 4.69) is 23.9 Å². The molecule has 0 spiro atoms. The lowest BCUT2D eigenvalue weighted by molar-refractivity contribution is -0.127. The van der Waals surface area contributed by atoms with Gasteiger partial charge in [-0.25, -0.2) is 9.67 Å². The van der Waals surface area contributed by atoms with Crippen molar-refractivity contribution < 1.29 is 9.84 Å². The van der Waals surface area contributed by atoms with Crippen molar-refractivity contribution in [3.8, 4) is 5.75 Å². The molecule has 1 atom stereocenters. The Bertz CT molecular complexity index is 611. The van der Waals surface area contributed by atoms with Gasteiger partial charge in [0.1, 0.15) is 30.6 Å². The van der Waals surface area contributed by atoms with Crippen LogP contribution in [0.1, 0.15) is 27.7 Å². The molecule has 126 valence electrons. The van der Waals surface area contributed by atoms with Crippen LogP contribution in [0, 0.1) is 11.3 Å². The van der Waals surface area contributed by atoms with Gasteiger partial charge in [0.25, 0.3) is 0 Å². The van der Waals surface area contributed by atoms with Crippen LogP contribution < -0.4 is 4.74 Å². The highest BCUT2D eigenvalue weighted by molar-refractivity contribution is 6.30. The first-order chi connectivity index (χ1) is 10.7. The van der Waals surface area contributed by atoms with Crippen LogP contribution in [0.15, 0.2) is 36.9 Å². The average molecular weight is 338 g/mol. The number of aliphatic hydroxyl groups is 1. The Labute approximate surface area is 142 Å². The van der Waals surface area contributed by atoms with Crippen LogP contribution in [0.5, 0.6) is 5.75 Å². The largest absolute Gasteiger partial charge is 0.490 e. The van der Waals surface area contributed by atoms with E-state index < -0.39 is 5.60 Å². The summed E-state index contributed by atoms with van der Waals surface area (Å²) in [5, 5.41) is 16.1. The average Bonchev–Trinajstić information content (AvgIpc) is 2.99. The molecule has 23 heavy (non-hydrogen) atoms. The van der Waals surface area contributed by atoms with E-state index in [9.17, 15) is 5.11 Å². The van der Waals surface area contributed by atoms with Crippen molar-refractivity contribution >= 4 is 11.6 Å². The van der Waals surface area contributed by atoms with Crippen molar-refractivity contribution in [2.24, 2.45) is 11.3 Å². The van der Waals surface area contributed by atoms with Gasteiger partial charge in [0.2, 0.25) is 0 Å². The van der Waals surface area contributed by atoms with Crippen molar-refractivity contribution in [3.05, 3.63) is 41.9 Å². The third kappa shape index (κ3) is 4.03. The highest BCUT2D eigenvalue weighted by atomic mass is 35.5. The van der Waals surface area contributed by atoms with Crippen LogP contribution in [0.4, 0.5) is 0 Å². The summed E-state index contributed by atoms with van der Waals surface area (Å²) < 4.78 is 7.48. The first-order valence-corrected chi connectivity index (χ1v) is 8.05. The molecule has 0 bridgehead atoms. The molecule has 0 aliphatic rings. The Balaban J connectivity index is 2.20. The van der Waals surface area contributed by atoms with Crippen molar-refractivity contribution in [3.63, 3.8) is 0 Å². The normalized spacial score (nSPS) is 14.7. The van der Waals surface area contributed by atoms with E-state index in [1.807, 2.05) is 13.8 Å². The van der Waals surface area contributed by atoms with Crippen LogP contribution >= 0.6 is 11.6 Å². The van der Waals surface area contributed by atoms with Crippen LogP contribution in [0.25, 0.3) is 0 Å². The van der Waals surface area contributed by atoms with Gasteiger partial charge in [-0.15, -0.1) is 0 Å². The molecule has 1 heterocycles. The van der Waals surface area contributed by atoms with Gasteiger partial charge in [-0.05, 0) is 30.2 Å². The quantitative estimate of drug-likeness (QED) is 0.841. The lowest BCUT2D eigenvalue weighted by Crippen LogP contribution is -2.55. The zero-order valence-electron chi connectivity index (χ0n) is 14.0. The molecule has 1 unspecified atom stereocenters. The fraction of sp³-hybridized carbons (Fsp3) is 0.529. The smallest absolute Gasteiger partial charge is 0.137 e. The maximum absolute atomic E-state index is 11.4. The summed E-state index contributed by atoms with van der Waals surface area (Å²) in [6.45, 7) is 8.73. The summed E-state index contributed by atoms with van der Waals surface area (Å²) in [6, 6.07) is 7.11. The van der Waals surface area contributed by atoms with Gasteiger partial charge in [0, 0.05) is 10.4 Å². The summed E-state index contributed by atoms with van der Waals surface area (Å²) in [5.74, 6) is 0.927. The van der Waals surface area contributed by atoms with Crippen molar-refractivity contribution in [1.29, 1.82) is 0 Å². The summed E-state index contributed by atoms with van der Waals surface area (Å²) in [6.07, 6.45) is 3.06. The monoisotopic (exact) mass is 337 g/mol. The fourth-order valence-electron chi connectivity index (χ4n) is 2.29. The molecule has 0 aliphatic heterocycles. The van der Waals surface area contributed by atoms with Crippen LogP contribution in [-0.2, 0) is 6.54 Å². The fourth-order valence-corrected chi connectivity index (χ4v) is 2.41. The molecular weight excluding hydrogens is 314 g/mol. The molecule has 1 aromatic heterocycles. The van der Waals surface area contributed by atoms with Gasteiger partial charge in [0.05, 0.1) is 6.54 Å². The number of hydrogen-bond acceptors (Lipinski definition) is 4. The Kier molecular flexibility index (Phi) is 5.32. The highest BCUT2D eigenvalue weighted by Crippen LogP contribution is 2.39. The number of ether oxygens (including phenoxy) is 1. The summed E-state index contributed by atoms with van der Waals surface area (Å²) in [7, 11) is 0. The second-order valence-corrected chi connectivity index (χ2v) is 7.18. The molecule has 2 aromatic rings. The molecule has 6 heteroatoms. The van der Waals surface area contributed by atoms with Crippen molar-refractivity contribution in [2.45, 2.75) is 39.8 Å². The topological polar surface area (TPSA) is 60.2 Å². The van der Waals surface area contributed by atoms with Gasteiger partial charge >= 0.3 is 0 Å². The van der Waals surface area contributed by atoms with E-state index in [4.69, 9.17) is 16.3 Å². The first-order valence-electron chi connectivity index (χ1n) is 7.68. The second kappa shape index (κ2) is 6.89. The number of nitrogens with zero attached hydrogens (tertiary/aromatic N) is 3. The zero-order chi connectivity index (χ0) is 17.1. The Morgan fingerprint density at radius 3 is 2.43 bits per heavy atom. The minimum absolute atomic E-state index is 0.152. The van der Waals surface area contributed by atoms with Crippen LogP contribution in [0.3, 0.4) is 0 Å². The van der Waals surface area contributed by atoms with Gasteiger partial charge in [-0.3, -0.25) is 0 Å². The third-order valence-corrected chi connectivity index (χ3v) is 5.08. The molecule has 2 rings (SSSR count). The summed E-state index contributed by atoms with van der Waals surface area (Å²) >= 11 is 5.89. The molecule has 0 aliphatic carbocycles. The Morgan fingerprint density at radius 1 is 1.26 bits per heavy atom. The third-order valence-electron chi connectivity index (χ3n) is 4.82.